The van der Waals surface area contributed by atoms with E-state index in [1.807, 2.05) is 13.1 Å². The summed E-state index contributed by atoms with van der Waals surface area (Å²) < 4.78 is 1.14. The highest BCUT2D eigenvalue weighted by molar-refractivity contribution is 14.1. The van der Waals surface area contributed by atoms with Gasteiger partial charge in [0.05, 0.1) is 0 Å². The summed E-state index contributed by atoms with van der Waals surface area (Å²) in [6.45, 7) is 4.44. The number of nitrogens with zero attached hydrogens (tertiary/aromatic N) is 1. The number of hydrogen-bond acceptors (Lipinski definition) is 2. The van der Waals surface area contributed by atoms with Crippen LogP contribution in [0.15, 0.2) is 28.9 Å². The van der Waals surface area contributed by atoms with E-state index < -0.39 is 0 Å². The Morgan fingerprint density at radius 1 is 1.62 bits per heavy atom. The zero-order chi connectivity index (χ0) is 9.94. The molecule has 0 rings (SSSR count). The quantitative estimate of drug-likeness (QED) is 0.252. The molecule has 0 spiro atoms. The maximum absolute atomic E-state index is 3.70. The van der Waals surface area contributed by atoms with Gasteiger partial charge < -0.3 is 5.32 Å². The maximum atomic E-state index is 3.70. The fraction of sp³-hybridized carbons (Fsp3) is 0.500. The van der Waals surface area contributed by atoms with Crippen molar-refractivity contribution >= 4 is 29.3 Å². The predicted molar refractivity (Wildman–Crippen MR) is 68.8 cm³/mol. The molecule has 0 aliphatic carbocycles. The summed E-state index contributed by atoms with van der Waals surface area (Å²) in [6, 6.07) is 0. The van der Waals surface area contributed by atoms with Gasteiger partial charge in [0.1, 0.15) is 0 Å². The smallest absolute Gasteiger partial charge is 0.0263 e. The molecule has 0 heterocycles. The Labute approximate surface area is 94.4 Å². The van der Waals surface area contributed by atoms with Crippen molar-refractivity contribution in [3.63, 3.8) is 0 Å². The Balaban J connectivity index is 3.97. The van der Waals surface area contributed by atoms with Crippen LogP contribution >= 0.6 is 22.6 Å². The molecule has 0 aromatic carbocycles. The molecule has 0 amide bonds. The molecule has 0 aromatic rings. The lowest BCUT2D eigenvalue weighted by Crippen LogP contribution is -2.06. The van der Waals surface area contributed by atoms with Crippen LogP contribution in [-0.4, -0.2) is 24.7 Å². The highest BCUT2D eigenvalue weighted by Crippen LogP contribution is 2.07. The van der Waals surface area contributed by atoms with Crippen LogP contribution in [-0.2, 0) is 0 Å². The Kier molecular flexibility index (Phi) is 9.80. The van der Waals surface area contributed by atoms with Crippen molar-refractivity contribution in [2.24, 2.45) is 4.99 Å². The van der Waals surface area contributed by atoms with Crippen molar-refractivity contribution in [3.05, 3.63) is 23.9 Å². The molecular weight excluding hydrogens is 275 g/mol. The molecule has 0 aliphatic heterocycles. The molecule has 1 N–H and O–H groups in total. The Morgan fingerprint density at radius 3 is 2.92 bits per heavy atom. The standard InChI is InChI=1S/C10H17IN2/c1-12-8-3-4-10(5-7-11)6-9-13-2/h4,6,9,12H,2-3,5,7-8H2,1H3/b9-6-,10-4-. The van der Waals surface area contributed by atoms with Crippen LogP contribution < -0.4 is 5.32 Å². The molecule has 74 valence electrons. The fourth-order valence-corrected chi connectivity index (χ4v) is 1.54. The number of alkyl halides is 1. The van der Waals surface area contributed by atoms with Crippen LogP contribution in [0.2, 0.25) is 0 Å². The van der Waals surface area contributed by atoms with Gasteiger partial charge in [-0.15, -0.1) is 0 Å². The van der Waals surface area contributed by atoms with E-state index >= 15 is 0 Å². The Bertz CT molecular complexity index is 185. The first-order valence-corrected chi connectivity index (χ1v) is 5.89. The van der Waals surface area contributed by atoms with E-state index in [0.29, 0.717) is 0 Å². The van der Waals surface area contributed by atoms with Gasteiger partial charge in [-0.2, -0.15) is 0 Å². The average molecular weight is 292 g/mol. The van der Waals surface area contributed by atoms with E-state index in [1.54, 1.807) is 6.20 Å². The molecule has 0 bridgehead atoms. The highest BCUT2D eigenvalue weighted by Gasteiger charge is 1.90. The lowest BCUT2D eigenvalue weighted by Gasteiger charge is -1.98. The normalized spacial score (nSPS) is 12.3. The molecule has 0 saturated heterocycles. The van der Waals surface area contributed by atoms with Gasteiger partial charge in [0.15, 0.2) is 0 Å². The SMILES string of the molecule is C=N/C=C\C(=C/CCNC)CCI. The summed E-state index contributed by atoms with van der Waals surface area (Å²) >= 11 is 2.38. The summed E-state index contributed by atoms with van der Waals surface area (Å²) in [5, 5.41) is 3.11. The van der Waals surface area contributed by atoms with Gasteiger partial charge in [-0.05, 0) is 44.8 Å². The summed E-state index contributed by atoms with van der Waals surface area (Å²) in [5.74, 6) is 0. The van der Waals surface area contributed by atoms with Crippen LogP contribution in [0.1, 0.15) is 12.8 Å². The lowest BCUT2D eigenvalue weighted by molar-refractivity contribution is 0.804. The minimum absolute atomic E-state index is 1.03. The van der Waals surface area contributed by atoms with Crippen molar-refractivity contribution in [1.29, 1.82) is 0 Å². The Hall–Kier alpha value is -0.160. The Morgan fingerprint density at radius 2 is 2.38 bits per heavy atom. The highest BCUT2D eigenvalue weighted by atomic mass is 127. The van der Waals surface area contributed by atoms with Gasteiger partial charge >= 0.3 is 0 Å². The van der Waals surface area contributed by atoms with Crippen LogP contribution in [0, 0.1) is 0 Å². The molecule has 0 aromatic heterocycles. The third-order valence-corrected chi connectivity index (χ3v) is 2.12. The maximum Gasteiger partial charge on any atom is 0.0263 e. The third-order valence-electron chi connectivity index (χ3n) is 1.58. The molecule has 0 radical (unpaired) electrons. The van der Waals surface area contributed by atoms with Crippen LogP contribution in [0.4, 0.5) is 0 Å². The number of rotatable bonds is 7. The van der Waals surface area contributed by atoms with Crippen LogP contribution in [0.5, 0.6) is 0 Å². The first-order chi connectivity index (χ1) is 6.35. The zero-order valence-electron chi connectivity index (χ0n) is 8.09. The molecule has 0 unspecified atom stereocenters. The van der Waals surface area contributed by atoms with E-state index in [9.17, 15) is 0 Å². The summed E-state index contributed by atoms with van der Waals surface area (Å²) in [7, 11) is 1.97. The first kappa shape index (κ1) is 12.8. The van der Waals surface area contributed by atoms with E-state index in [1.165, 1.54) is 5.57 Å². The second-order valence-electron chi connectivity index (χ2n) is 2.61. The minimum Gasteiger partial charge on any atom is -0.319 e. The molecule has 0 saturated carbocycles. The fourth-order valence-electron chi connectivity index (χ4n) is 0.913. The van der Waals surface area contributed by atoms with Crippen molar-refractivity contribution in [2.75, 3.05) is 18.0 Å². The lowest BCUT2D eigenvalue weighted by atomic mass is 10.1. The largest absolute Gasteiger partial charge is 0.319 e. The number of halogens is 1. The second kappa shape index (κ2) is 9.92. The first-order valence-electron chi connectivity index (χ1n) is 4.37. The molecule has 3 heteroatoms. The number of allylic oxidation sites excluding steroid dienone is 2. The van der Waals surface area contributed by atoms with Gasteiger partial charge in [0, 0.05) is 10.6 Å². The molecular formula is C10H17IN2. The predicted octanol–water partition coefficient (Wildman–Crippen LogP) is 2.56. The van der Waals surface area contributed by atoms with Crippen molar-refractivity contribution in [2.45, 2.75) is 12.8 Å². The number of hydrogen-bond donors (Lipinski definition) is 1. The number of nitrogens with one attached hydrogen (secondary N) is 1. The monoisotopic (exact) mass is 292 g/mol. The summed E-state index contributed by atoms with van der Waals surface area (Å²) in [5.41, 5.74) is 1.34. The zero-order valence-corrected chi connectivity index (χ0v) is 10.3. The van der Waals surface area contributed by atoms with E-state index in [4.69, 9.17) is 0 Å². The van der Waals surface area contributed by atoms with Crippen molar-refractivity contribution in [1.82, 2.24) is 5.32 Å². The van der Waals surface area contributed by atoms with Crippen molar-refractivity contribution < 1.29 is 0 Å². The van der Waals surface area contributed by atoms with Gasteiger partial charge in [0.25, 0.3) is 0 Å². The average Bonchev–Trinajstić information content (AvgIpc) is 2.14. The van der Waals surface area contributed by atoms with Gasteiger partial charge in [-0.25, -0.2) is 0 Å². The van der Waals surface area contributed by atoms with Gasteiger partial charge in [-0.1, -0.05) is 28.7 Å². The topological polar surface area (TPSA) is 24.4 Å². The molecule has 13 heavy (non-hydrogen) atoms. The van der Waals surface area contributed by atoms with Crippen LogP contribution in [0.3, 0.4) is 0 Å². The van der Waals surface area contributed by atoms with E-state index in [-0.39, 0.29) is 0 Å². The molecule has 0 aliphatic rings. The van der Waals surface area contributed by atoms with Gasteiger partial charge in [-0.3, -0.25) is 4.99 Å². The van der Waals surface area contributed by atoms with E-state index in [0.717, 1.165) is 23.8 Å². The van der Waals surface area contributed by atoms with Crippen LogP contribution in [0.25, 0.3) is 0 Å². The molecule has 0 atom stereocenters. The molecule has 2 nitrogen and oxygen atoms in total. The molecule has 0 fully saturated rings. The third kappa shape index (κ3) is 8.18. The summed E-state index contributed by atoms with van der Waals surface area (Å²) in [6.07, 6.45) is 8.20. The number of aliphatic imine (C=N–C) groups is 1. The van der Waals surface area contributed by atoms with Gasteiger partial charge in [0.2, 0.25) is 0 Å². The minimum atomic E-state index is 1.03. The second-order valence-corrected chi connectivity index (χ2v) is 3.69. The summed E-state index contributed by atoms with van der Waals surface area (Å²) in [4.78, 5) is 3.70. The van der Waals surface area contributed by atoms with E-state index in [2.05, 4.69) is 45.7 Å². The van der Waals surface area contributed by atoms with Crippen molar-refractivity contribution in [3.8, 4) is 0 Å².